The van der Waals surface area contributed by atoms with E-state index in [0.29, 0.717) is 12.6 Å². The van der Waals surface area contributed by atoms with Crippen LogP contribution in [0.1, 0.15) is 40.5 Å². The second kappa shape index (κ2) is 9.08. The first kappa shape index (κ1) is 22.0. The minimum absolute atomic E-state index is 0. The highest BCUT2D eigenvalue weighted by Gasteiger charge is 2.37. The molecule has 1 atom stereocenters. The summed E-state index contributed by atoms with van der Waals surface area (Å²) >= 11 is 0. The first-order chi connectivity index (χ1) is 11.2. The van der Waals surface area contributed by atoms with Crippen LogP contribution < -0.4 is 20.1 Å². The number of aliphatic hydroxyl groups is 1. The van der Waals surface area contributed by atoms with Crippen molar-refractivity contribution in [1.29, 1.82) is 0 Å². The minimum atomic E-state index is -0.534. The highest BCUT2D eigenvalue weighted by molar-refractivity contribution is 5.85. The van der Waals surface area contributed by atoms with E-state index in [0.717, 1.165) is 24.3 Å². The fraction of sp³-hybridized carbons (Fsp3) is 0.684. The molecule has 1 aliphatic heterocycles. The third-order valence-electron chi connectivity index (χ3n) is 4.33. The van der Waals surface area contributed by atoms with Crippen LogP contribution in [0.4, 0.5) is 0 Å². The quantitative estimate of drug-likeness (QED) is 0.687. The Hall–Kier alpha value is -1.01. The van der Waals surface area contributed by atoms with Crippen molar-refractivity contribution in [2.75, 3.05) is 20.3 Å². The Morgan fingerprint density at radius 2 is 1.64 bits per heavy atom. The molecule has 0 radical (unpaired) electrons. The van der Waals surface area contributed by atoms with E-state index < -0.39 is 6.10 Å². The number of methoxy groups -OCH3 is 1. The van der Waals surface area contributed by atoms with Gasteiger partial charge in [-0.1, -0.05) is 0 Å². The standard InChI is InChI=1S/C19H32N2O3.ClH/c1-18(2)10-14(11-19(3,4)21-18)20-12-15(22)13-24-17-8-6-16(23-5)7-9-17;/h6-9,14-15,20-22H,10-13H2,1-5H3;1H. The van der Waals surface area contributed by atoms with Crippen molar-refractivity contribution in [1.82, 2.24) is 10.6 Å². The summed E-state index contributed by atoms with van der Waals surface area (Å²) in [6, 6.07) is 7.78. The Balaban J connectivity index is 0.00000312. The van der Waals surface area contributed by atoms with Gasteiger partial charge in [0.25, 0.3) is 0 Å². The smallest absolute Gasteiger partial charge is 0.119 e. The van der Waals surface area contributed by atoms with E-state index in [-0.39, 0.29) is 30.1 Å². The molecule has 0 spiro atoms. The molecule has 2 rings (SSSR count). The number of piperidine rings is 1. The monoisotopic (exact) mass is 372 g/mol. The van der Waals surface area contributed by atoms with Crippen LogP contribution in [-0.2, 0) is 0 Å². The molecule has 0 bridgehead atoms. The molecule has 0 amide bonds. The van der Waals surface area contributed by atoms with Gasteiger partial charge in [0.15, 0.2) is 0 Å². The van der Waals surface area contributed by atoms with Crippen molar-refractivity contribution in [2.45, 2.75) is 63.8 Å². The van der Waals surface area contributed by atoms with Gasteiger partial charge in [-0.15, -0.1) is 12.4 Å². The van der Waals surface area contributed by atoms with Crippen LogP contribution in [0, 0.1) is 0 Å². The molecule has 144 valence electrons. The number of nitrogens with one attached hydrogen (secondary N) is 2. The summed E-state index contributed by atoms with van der Waals surface area (Å²) in [6.07, 6.45) is 1.55. The van der Waals surface area contributed by atoms with E-state index >= 15 is 0 Å². The molecule has 0 aromatic heterocycles. The lowest BCUT2D eigenvalue weighted by Gasteiger charge is -2.47. The van der Waals surface area contributed by atoms with E-state index in [1.165, 1.54) is 0 Å². The molecule has 1 aromatic rings. The van der Waals surface area contributed by atoms with E-state index in [1.54, 1.807) is 7.11 Å². The van der Waals surface area contributed by atoms with Crippen molar-refractivity contribution in [3.63, 3.8) is 0 Å². The Labute approximate surface area is 157 Å². The van der Waals surface area contributed by atoms with Crippen LogP contribution in [0.2, 0.25) is 0 Å². The van der Waals surface area contributed by atoms with Crippen molar-refractivity contribution >= 4 is 12.4 Å². The van der Waals surface area contributed by atoms with Gasteiger partial charge in [0.2, 0.25) is 0 Å². The highest BCUT2D eigenvalue weighted by Crippen LogP contribution is 2.28. The first-order valence-electron chi connectivity index (χ1n) is 8.67. The van der Waals surface area contributed by atoms with Crippen LogP contribution in [0.25, 0.3) is 0 Å². The minimum Gasteiger partial charge on any atom is -0.497 e. The number of hydrogen-bond donors (Lipinski definition) is 3. The average molecular weight is 373 g/mol. The maximum Gasteiger partial charge on any atom is 0.119 e. The number of halogens is 1. The maximum atomic E-state index is 10.2. The zero-order valence-corrected chi connectivity index (χ0v) is 16.8. The predicted molar refractivity (Wildman–Crippen MR) is 104 cm³/mol. The largest absolute Gasteiger partial charge is 0.497 e. The van der Waals surface area contributed by atoms with Gasteiger partial charge in [-0.05, 0) is 64.8 Å². The second-order valence-corrected chi connectivity index (χ2v) is 8.05. The van der Waals surface area contributed by atoms with E-state index in [1.807, 2.05) is 24.3 Å². The number of aliphatic hydroxyl groups excluding tert-OH is 1. The van der Waals surface area contributed by atoms with Crippen molar-refractivity contribution in [2.24, 2.45) is 0 Å². The summed E-state index contributed by atoms with van der Waals surface area (Å²) in [4.78, 5) is 0. The van der Waals surface area contributed by atoms with Gasteiger partial charge < -0.3 is 25.2 Å². The maximum absolute atomic E-state index is 10.2. The summed E-state index contributed by atoms with van der Waals surface area (Å²) in [5.41, 5.74) is 0.202. The summed E-state index contributed by atoms with van der Waals surface area (Å²) in [5.74, 6) is 1.53. The molecule has 0 aliphatic carbocycles. The number of hydrogen-bond acceptors (Lipinski definition) is 5. The van der Waals surface area contributed by atoms with Gasteiger partial charge >= 0.3 is 0 Å². The number of rotatable bonds is 7. The molecule has 0 saturated carbocycles. The molecule has 1 fully saturated rings. The summed E-state index contributed by atoms with van der Waals surface area (Å²) in [6.45, 7) is 9.72. The van der Waals surface area contributed by atoms with E-state index in [2.05, 4.69) is 38.3 Å². The lowest BCUT2D eigenvalue weighted by atomic mass is 9.79. The van der Waals surface area contributed by atoms with Gasteiger partial charge in [0.05, 0.1) is 7.11 Å². The summed E-state index contributed by atoms with van der Waals surface area (Å²) < 4.78 is 10.7. The van der Waals surface area contributed by atoms with Gasteiger partial charge in [0, 0.05) is 23.7 Å². The first-order valence-corrected chi connectivity index (χ1v) is 8.67. The van der Waals surface area contributed by atoms with Crippen molar-refractivity contribution in [3.05, 3.63) is 24.3 Å². The summed E-state index contributed by atoms with van der Waals surface area (Å²) in [7, 11) is 1.63. The highest BCUT2D eigenvalue weighted by atomic mass is 35.5. The third kappa shape index (κ3) is 7.40. The van der Waals surface area contributed by atoms with Crippen molar-refractivity contribution in [3.8, 4) is 11.5 Å². The van der Waals surface area contributed by atoms with Crippen LogP contribution >= 0.6 is 12.4 Å². The topological polar surface area (TPSA) is 62.8 Å². The van der Waals surface area contributed by atoms with E-state index in [4.69, 9.17) is 9.47 Å². The van der Waals surface area contributed by atoms with Gasteiger partial charge in [-0.3, -0.25) is 0 Å². The molecule has 25 heavy (non-hydrogen) atoms. The van der Waals surface area contributed by atoms with Crippen LogP contribution in [0.3, 0.4) is 0 Å². The molecule has 1 unspecified atom stereocenters. The van der Waals surface area contributed by atoms with Crippen molar-refractivity contribution < 1.29 is 14.6 Å². The average Bonchev–Trinajstić information content (AvgIpc) is 2.48. The Bertz CT molecular complexity index is 504. The molecular formula is C19H33ClN2O3. The van der Waals surface area contributed by atoms with E-state index in [9.17, 15) is 5.11 Å². The lowest BCUT2D eigenvalue weighted by molar-refractivity contribution is 0.0901. The molecule has 6 heteroatoms. The van der Waals surface area contributed by atoms with Crippen LogP contribution in [0.15, 0.2) is 24.3 Å². The molecule has 1 saturated heterocycles. The SMILES string of the molecule is COc1ccc(OCC(O)CNC2CC(C)(C)NC(C)(C)C2)cc1.Cl. The second-order valence-electron chi connectivity index (χ2n) is 8.05. The summed E-state index contributed by atoms with van der Waals surface area (Å²) in [5, 5.41) is 17.3. The molecule has 3 N–H and O–H groups in total. The normalized spacial score (nSPS) is 20.4. The molecule has 1 aromatic carbocycles. The number of ether oxygens (including phenoxy) is 2. The molecule has 5 nitrogen and oxygen atoms in total. The lowest BCUT2D eigenvalue weighted by Crippen LogP contribution is -2.62. The predicted octanol–water partition coefficient (Wildman–Crippen LogP) is 2.76. The Morgan fingerprint density at radius 3 is 2.16 bits per heavy atom. The van der Waals surface area contributed by atoms with Gasteiger partial charge in [0.1, 0.15) is 24.2 Å². The Morgan fingerprint density at radius 1 is 1.12 bits per heavy atom. The van der Waals surface area contributed by atoms with Crippen LogP contribution in [-0.4, -0.2) is 48.6 Å². The zero-order chi connectivity index (χ0) is 17.8. The fourth-order valence-electron chi connectivity index (χ4n) is 3.69. The van der Waals surface area contributed by atoms with Crippen LogP contribution in [0.5, 0.6) is 11.5 Å². The third-order valence-corrected chi connectivity index (χ3v) is 4.33. The molecular weight excluding hydrogens is 340 g/mol. The Kier molecular flexibility index (Phi) is 8.00. The molecule has 1 aliphatic rings. The fourth-order valence-corrected chi connectivity index (χ4v) is 3.69. The zero-order valence-electron chi connectivity index (χ0n) is 16.0. The molecule has 1 heterocycles. The number of benzene rings is 1. The van der Waals surface area contributed by atoms with Gasteiger partial charge in [-0.25, -0.2) is 0 Å². The van der Waals surface area contributed by atoms with Gasteiger partial charge in [-0.2, -0.15) is 0 Å².